The van der Waals surface area contributed by atoms with E-state index in [0.717, 1.165) is 4.90 Å². The van der Waals surface area contributed by atoms with Gasteiger partial charge in [0, 0.05) is 5.56 Å². The topological polar surface area (TPSA) is 83.7 Å². The van der Waals surface area contributed by atoms with Gasteiger partial charge in [-0.15, -0.1) is 5.10 Å². The van der Waals surface area contributed by atoms with Crippen LogP contribution in [0.2, 0.25) is 0 Å². The molecule has 2 aromatic carbocycles. The summed E-state index contributed by atoms with van der Waals surface area (Å²) < 4.78 is 32.7. The highest BCUT2D eigenvalue weighted by Gasteiger charge is 2.54. The van der Waals surface area contributed by atoms with Gasteiger partial charge in [0.05, 0.1) is 31.7 Å². The van der Waals surface area contributed by atoms with Crippen LogP contribution in [0.3, 0.4) is 0 Å². The molecular formula is C18H19N4O4S+. The first kappa shape index (κ1) is 17.5. The maximum atomic E-state index is 13.2. The molecule has 0 aromatic heterocycles. The third kappa shape index (κ3) is 2.42. The summed E-state index contributed by atoms with van der Waals surface area (Å²) in [7, 11) is 1.26. The van der Waals surface area contributed by atoms with E-state index in [4.69, 9.17) is 4.74 Å². The highest BCUT2D eigenvalue weighted by atomic mass is 32.2. The first-order chi connectivity index (χ1) is 12.9. The van der Waals surface area contributed by atoms with Gasteiger partial charge in [-0.2, -0.15) is 9.31 Å². The Morgan fingerprint density at radius 2 is 1.78 bits per heavy atom. The molecule has 1 N–H and O–H groups in total. The molecular weight excluding hydrogens is 368 g/mol. The van der Waals surface area contributed by atoms with E-state index in [2.05, 4.69) is 5.10 Å². The number of methoxy groups -OCH3 is 1. The number of benzene rings is 2. The molecule has 2 heterocycles. The van der Waals surface area contributed by atoms with Crippen LogP contribution in [-0.4, -0.2) is 57.0 Å². The van der Waals surface area contributed by atoms with Gasteiger partial charge in [-0.3, -0.25) is 9.69 Å². The number of carbonyl (C=O) groups is 1. The fourth-order valence-electron chi connectivity index (χ4n) is 3.40. The largest absolute Gasteiger partial charge is 0.496 e. The van der Waals surface area contributed by atoms with Crippen molar-refractivity contribution in [2.45, 2.75) is 11.2 Å². The molecule has 140 valence electrons. The minimum Gasteiger partial charge on any atom is -0.496 e. The second kappa shape index (κ2) is 6.07. The minimum absolute atomic E-state index is 0.208. The zero-order chi connectivity index (χ0) is 19.3. The number of fused-ring (bicyclic) bond motifs is 3. The van der Waals surface area contributed by atoms with Crippen molar-refractivity contribution in [2.24, 2.45) is 5.10 Å². The van der Waals surface area contributed by atoms with Gasteiger partial charge in [-0.25, -0.2) is 8.42 Å². The van der Waals surface area contributed by atoms with Gasteiger partial charge >= 0.3 is 0 Å². The number of ether oxygens (including phenoxy) is 1. The second-order valence-corrected chi connectivity index (χ2v) is 8.31. The number of sulfonamides is 1. The van der Waals surface area contributed by atoms with Crippen LogP contribution in [0.4, 0.5) is 0 Å². The Labute approximate surface area is 157 Å². The number of hydrogen-bond acceptors (Lipinski definition) is 5. The van der Waals surface area contributed by atoms with Crippen LogP contribution in [0.1, 0.15) is 15.9 Å². The summed E-state index contributed by atoms with van der Waals surface area (Å²) in [6.07, 6.45) is -0.824. The molecule has 0 radical (unpaired) electrons. The zero-order valence-corrected chi connectivity index (χ0v) is 15.9. The molecule has 8 nitrogen and oxygen atoms in total. The predicted molar refractivity (Wildman–Crippen MR) is 97.8 cm³/mol. The number of amides is 1. The third-order valence-corrected chi connectivity index (χ3v) is 6.39. The van der Waals surface area contributed by atoms with Crippen molar-refractivity contribution in [2.75, 3.05) is 21.2 Å². The van der Waals surface area contributed by atoms with Gasteiger partial charge < -0.3 is 4.74 Å². The van der Waals surface area contributed by atoms with E-state index < -0.39 is 22.2 Å². The lowest BCUT2D eigenvalue weighted by molar-refractivity contribution is -0.904. The van der Waals surface area contributed by atoms with Crippen molar-refractivity contribution >= 4 is 21.8 Å². The number of amidine groups is 1. The summed E-state index contributed by atoms with van der Waals surface area (Å²) in [5.41, 5.74) is 0.821. The summed E-state index contributed by atoms with van der Waals surface area (Å²) in [5, 5.41) is 5.63. The average molecular weight is 387 g/mol. The Balaban J connectivity index is 1.86. The molecule has 1 atom stereocenters. The number of carbonyl (C=O) groups excluding carboxylic acids is 1. The standard InChI is InChI=1S/C18H18N4O4S/c1-20(2)18-21(17(23)12-8-4-6-10-14(12)26-3)19-16-13-9-5-7-11-15(13)27(24,25)22(16)18/h4-11,18H,1-3H3/p+1/t18-/m1/s1. The highest BCUT2D eigenvalue weighted by Crippen LogP contribution is 2.36. The van der Waals surface area contributed by atoms with E-state index in [9.17, 15) is 13.2 Å². The number of rotatable bonds is 3. The maximum absolute atomic E-state index is 13.2. The maximum Gasteiger partial charge on any atom is 0.284 e. The Morgan fingerprint density at radius 3 is 2.48 bits per heavy atom. The minimum atomic E-state index is -3.79. The van der Waals surface area contributed by atoms with Gasteiger partial charge in [0.25, 0.3) is 22.2 Å². The molecule has 27 heavy (non-hydrogen) atoms. The summed E-state index contributed by atoms with van der Waals surface area (Å²) in [4.78, 5) is 14.1. The Kier molecular flexibility index (Phi) is 3.93. The van der Waals surface area contributed by atoms with Gasteiger partial charge in [0.1, 0.15) is 5.75 Å². The van der Waals surface area contributed by atoms with E-state index in [0.29, 0.717) is 16.9 Å². The lowest BCUT2D eigenvalue weighted by Crippen LogP contribution is -3.13. The number of para-hydroxylation sites is 1. The van der Waals surface area contributed by atoms with Crippen LogP contribution in [-0.2, 0) is 10.0 Å². The highest BCUT2D eigenvalue weighted by molar-refractivity contribution is 7.90. The average Bonchev–Trinajstić information content (AvgIpc) is 3.17. The molecule has 2 aliphatic heterocycles. The molecule has 9 heteroatoms. The Bertz CT molecular complexity index is 1060. The fourth-order valence-corrected chi connectivity index (χ4v) is 5.22. The van der Waals surface area contributed by atoms with Crippen LogP contribution in [0.15, 0.2) is 58.5 Å². The first-order valence-corrected chi connectivity index (χ1v) is 9.81. The lowest BCUT2D eigenvalue weighted by atomic mass is 10.2. The first-order valence-electron chi connectivity index (χ1n) is 8.37. The second-order valence-electron chi connectivity index (χ2n) is 6.52. The van der Waals surface area contributed by atoms with Crippen molar-refractivity contribution < 1.29 is 22.8 Å². The number of nitrogens with zero attached hydrogens (tertiary/aromatic N) is 3. The summed E-state index contributed by atoms with van der Waals surface area (Å²) in [6.45, 7) is 0. The van der Waals surface area contributed by atoms with E-state index >= 15 is 0 Å². The van der Waals surface area contributed by atoms with E-state index in [1.165, 1.54) is 16.4 Å². The van der Waals surface area contributed by atoms with Gasteiger partial charge in [0.15, 0.2) is 5.84 Å². The number of quaternary nitrogens is 1. The SMILES string of the molecule is COc1ccccc1C(=O)N1N=C2c3ccccc3S(=O)(=O)N2[C@@H]1[NH+](C)C. The molecule has 2 aromatic rings. The Morgan fingerprint density at radius 1 is 1.11 bits per heavy atom. The number of nitrogens with one attached hydrogen (secondary N) is 1. The normalized spacial score (nSPS) is 19.7. The van der Waals surface area contributed by atoms with Crippen molar-refractivity contribution in [1.29, 1.82) is 0 Å². The fraction of sp³-hybridized carbons (Fsp3) is 0.222. The predicted octanol–water partition coefficient (Wildman–Crippen LogP) is -0.0548. The molecule has 0 unspecified atom stereocenters. The zero-order valence-electron chi connectivity index (χ0n) is 15.1. The molecule has 0 spiro atoms. The van der Waals surface area contributed by atoms with Gasteiger partial charge in [0.2, 0.25) is 0 Å². The van der Waals surface area contributed by atoms with Crippen LogP contribution < -0.4 is 9.64 Å². The van der Waals surface area contributed by atoms with Gasteiger partial charge in [-0.05, 0) is 24.3 Å². The van der Waals surface area contributed by atoms with Crippen molar-refractivity contribution in [3.05, 3.63) is 59.7 Å². The molecule has 2 aliphatic rings. The molecule has 4 rings (SSSR count). The summed E-state index contributed by atoms with van der Waals surface area (Å²) in [5.74, 6) is 0.249. The van der Waals surface area contributed by atoms with E-state index in [-0.39, 0.29) is 10.7 Å². The monoisotopic (exact) mass is 387 g/mol. The Hall–Kier alpha value is -2.91. The van der Waals surface area contributed by atoms with Crippen LogP contribution in [0.25, 0.3) is 0 Å². The van der Waals surface area contributed by atoms with Crippen LogP contribution >= 0.6 is 0 Å². The number of hydrazone groups is 1. The number of hydrogen-bond donors (Lipinski definition) is 1. The molecule has 0 fully saturated rings. The van der Waals surface area contributed by atoms with E-state index in [1.807, 2.05) is 0 Å². The smallest absolute Gasteiger partial charge is 0.284 e. The van der Waals surface area contributed by atoms with E-state index in [1.54, 1.807) is 62.6 Å². The third-order valence-electron chi connectivity index (χ3n) is 4.59. The van der Waals surface area contributed by atoms with Gasteiger partial charge in [-0.1, -0.05) is 24.3 Å². The summed E-state index contributed by atoms with van der Waals surface area (Å²) in [6, 6.07) is 13.5. The molecule has 0 aliphatic carbocycles. The summed E-state index contributed by atoms with van der Waals surface area (Å²) >= 11 is 0. The molecule has 0 saturated carbocycles. The van der Waals surface area contributed by atoms with Crippen molar-refractivity contribution in [3.8, 4) is 5.75 Å². The quantitative estimate of drug-likeness (QED) is 0.800. The van der Waals surface area contributed by atoms with Crippen LogP contribution in [0, 0.1) is 0 Å². The van der Waals surface area contributed by atoms with Crippen molar-refractivity contribution in [1.82, 2.24) is 9.31 Å². The lowest BCUT2D eigenvalue weighted by Gasteiger charge is -2.29. The van der Waals surface area contributed by atoms with Crippen molar-refractivity contribution in [3.63, 3.8) is 0 Å². The molecule has 1 amide bonds. The molecule has 0 bridgehead atoms. The molecule has 0 saturated heterocycles. The van der Waals surface area contributed by atoms with Crippen LogP contribution in [0.5, 0.6) is 5.75 Å².